The van der Waals surface area contributed by atoms with Crippen LogP contribution in [0.5, 0.6) is 0 Å². The van der Waals surface area contributed by atoms with Crippen molar-refractivity contribution in [3.8, 4) is 11.4 Å². The summed E-state index contributed by atoms with van der Waals surface area (Å²) in [5.41, 5.74) is -2.14. The normalized spacial score (nSPS) is 14.5. The fourth-order valence-corrected chi connectivity index (χ4v) is 3.54. The van der Waals surface area contributed by atoms with Gasteiger partial charge < -0.3 is 10.6 Å². The number of aromatic nitrogens is 6. The molecule has 1 aliphatic carbocycles. The van der Waals surface area contributed by atoms with Gasteiger partial charge in [-0.25, -0.2) is 19.9 Å². The number of anilines is 3. The largest absolute Gasteiger partial charge is 0.418 e. The average molecular weight is 506 g/mol. The Morgan fingerprint density at radius 3 is 2.28 bits per heavy atom. The zero-order valence-corrected chi connectivity index (χ0v) is 18.2. The number of pyridine rings is 2. The van der Waals surface area contributed by atoms with Crippen LogP contribution in [0.2, 0.25) is 0 Å². The first-order valence-electron chi connectivity index (χ1n) is 10.7. The first kappa shape index (κ1) is 23.6. The van der Waals surface area contributed by atoms with E-state index < -0.39 is 29.2 Å². The molecule has 36 heavy (non-hydrogen) atoms. The third-order valence-electron chi connectivity index (χ3n) is 5.60. The van der Waals surface area contributed by atoms with Crippen molar-refractivity contribution in [3.05, 3.63) is 54.0 Å². The van der Waals surface area contributed by atoms with Crippen LogP contribution in [-0.4, -0.2) is 36.2 Å². The highest BCUT2D eigenvalue weighted by Crippen LogP contribution is 2.37. The zero-order chi connectivity index (χ0) is 25.5. The molecule has 8 nitrogen and oxygen atoms in total. The van der Waals surface area contributed by atoms with Crippen molar-refractivity contribution in [1.29, 1.82) is 0 Å². The molecule has 0 spiro atoms. The van der Waals surface area contributed by atoms with Gasteiger partial charge in [0.2, 0.25) is 0 Å². The predicted molar refractivity (Wildman–Crippen MR) is 117 cm³/mol. The Hall–Kier alpha value is -4.10. The van der Waals surface area contributed by atoms with Crippen molar-refractivity contribution >= 4 is 28.5 Å². The molecular formula is C22H16F6N8. The van der Waals surface area contributed by atoms with Crippen LogP contribution < -0.4 is 10.6 Å². The highest BCUT2D eigenvalue weighted by atomic mass is 19.4. The minimum Gasteiger partial charge on any atom is -0.366 e. The maximum absolute atomic E-state index is 13.8. The molecule has 1 aliphatic rings. The highest BCUT2D eigenvalue weighted by Gasteiger charge is 2.36. The second-order valence-electron chi connectivity index (χ2n) is 8.10. The summed E-state index contributed by atoms with van der Waals surface area (Å²) in [5, 5.41) is 13.4. The molecule has 0 saturated heterocycles. The summed E-state index contributed by atoms with van der Waals surface area (Å²) in [4.78, 5) is 16.2. The van der Waals surface area contributed by atoms with Gasteiger partial charge in [-0.2, -0.15) is 26.3 Å². The summed E-state index contributed by atoms with van der Waals surface area (Å²) in [6.07, 6.45) is -3.43. The van der Waals surface area contributed by atoms with E-state index in [2.05, 4.69) is 40.8 Å². The quantitative estimate of drug-likeness (QED) is 0.336. The van der Waals surface area contributed by atoms with Crippen molar-refractivity contribution in [3.63, 3.8) is 0 Å². The lowest BCUT2D eigenvalue weighted by Crippen LogP contribution is -2.28. The van der Waals surface area contributed by atoms with Crippen LogP contribution in [0.1, 0.15) is 30.4 Å². The third-order valence-corrected chi connectivity index (χ3v) is 5.60. The molecule has 0 atom stereocenters. The molecule has 4 aromatic heterocycles. The van der Waals surface area contributed by atoms with Crippen LogP contribution in [0.15, 0.2) is 42.9 Å². The molecule has 0 amide bonds. The molecular weight excluding hydrogens is 490 g/mol. The topological polar surface area (TPSA) is 101 Å². The standard InChI is InChI=1S/C22H16F6N8/c23-21(24,25)11-4-5-16(30-9-11)33-14-6-7-29-20-19(14)31-10-15(34-20)18-13(22(26,27)28)8-17(35-36-18)32-12-2-1-3-12/h4-10,12H,1-3H2,(H,32,35)(H,29,30,33,34). The van der Waals surface area contributed by atoms with E-state index in [1.54, 1.807) is 0 Å². The molecule has 14 heteroatoms. The van der Waals surface area contributed by atoms with Crippen LogP contribution in [0, 0.1) is 0 Å². The number of halogens is 6. The third kappa shape index (κ3) is 4.83. The maximum Gasteiger partial charge on any atom is 0.418 e. The predicted octanol–water partition coefficient (Wildman–Crippen LogP) is 5.62. The summed E-state index contributed by atoms with van der Waals surface area (Å²) in [5.74, 6) is 0.124. The van der Waals surface area contributed by atoms with Gasteiger partial charge in [0.1, 0.15) is 28.5 Å². The lowest BCUT2D eigenvalue weighted by atomic mass is 9.93. The van der Waals surface area contributed by atoms with Crippen molar-refractivity contribution in [2.45, 2.75) is 37.7 Å². The molecule has 1 saturated carbocycles. The first-order chi connectivity index (χ1) is 17.1. The maximum atomic E-state index is 13.8. The molecule has 0 aliphatic heterocycles. The molecule has 0 aromatic carbocycles. The SMILES string of the molecule is FC(F)(F)c1ccc(Nc2ccnc3nc(-c4nnc(NC5CCC5)cc4C(F)(F)F)cnc23)nc1. The van der Waals surface area contributed by atoms with Gasteiger partial charge in [-0.3, -0.25) is 0 Å². The van der Waals surface area contributed by atoms with E-state index in [1.807, 2.05) is 0 Å². The van der Waals surface area contributed by atoms with Crippen molar-refractivity contribution < 1.29 is 26.3 Å². The lowest BCUT2D eigenvalue weighted by Gasteiger charge is -2.27. The van der Waals surface area contributed by atoms with E-state index in [0.29, 0.717) is 11.9 Å². The highest BCUT2D eigenvalue weighted by molar-refractivity contribution is 5.87. The van der Waals surface area contributed by atoms with Crippen LogP contribution in [0.25, 0.3) is 22.6 Å². The smallest absolute Gasteiger partial charge is 0.366 e. The van der Waals surface area contributed by atoms with Crippen molar-refractivity contribution in [2.24, 2.45) is 0 Å². The number of rotatable bonds is 5. The molecule has 2 N–H and O–H groups in total. The minimum atomic E-state index is -4.72. The van der Waals surface area contributed by atoms with Crippen LogP contribution in [0.4, 0.5) is 43.7 Å². The fourth-order valence-electron chi connectivity index (χ4n) is 3.54. The number of nitrogens with zero attached hydrogens (tertiary/aromatic N) is 6. The van der Waals surface area contributed by atoms with Crippen LogP contribution in [-0.2, 0) is 12.4 Å². The van der Waals surface area contributed by atoms with Gasteiger partial charge in [0.15, 0.2) is 5.65 Å². The first-order valence-corrected chi connectivity index (χ1v) is 10.7. The Kier molecular flexibility index (Phi) is 5.80. The van der Waals surface area contributed by atoms with E-state index in [1.165, 1.54) is 12.3 Å². The zero-order valence-electron chi connectivity index (χ0n) is 18.2. The number of hydrogen-bond acceptors (Lipinski definition) is 8. The monoisotopic (exact) mass is 506 g/mol. The molecule has 4 aromatic rings. The summed E-state index contributed by atoms with van der Waals surface area (Å²) < 4.78 is 79.8. The summed E-state index contributed by atoms with van der Waals surface area (Å²) in [6.45, 7) is 0. The van der Waals surface area contributed by atoms with Gasteiger partial charge in [-0.15, -0.1) is 10.2 Å². The molecule has 5 rings (SSSR count). The lowest BCUT2D eigenvalue weighted by molar-refractivity contribution is -0.138. The number of fused-ring (bicyclic) bond motifs is 1. The van der Waals surface area contributed by atoms with Crippen LogP contribution in [0.3, 0.4) is 0 Å². The Balaban J connectivity index is 1.47. The van der Waals surface area contributed by atoms with E-state index >= 15 is 0 Å². The Morgan fingerprint density at radius 1 is 0.833 bits per heavy atom. The fraction of sp³-hybridized carbons (Fsp3) is 0.273. The van der Waals surface area contributed by atoms with Gasteiger partial charge in [0, 0.05) is 18.4 Å². The van der Waals surface area contributed by atoms with Crippen molar-refractivity contribution in [2.75, 3.05) is 10.6 Å². The van der Waals surface area contributed by atoms with Gasteiger partial charge >= 0.3 is 12.4 Å². The van der Waals surface area contributed by atoms with Gasteiger partial charge in [0.25, 0.3) is 0 Å². The molecule has 0 radical (unpaired) electrons. The van der Waals surface area contributed by atoms with Gasteiger partial charge in [0.05, 0.1) is 23.0 Å². The second-order valence-corrected chi connectivity index (χ2v) is 8.10. The molecule has 0 unspecified atom stereocenters. The molecule has 1 fully saturated rings. The summed E-state index contributed by atoms with van der Waals surface area (Å²) >= 11 is 0. The minimum absolute atomic E-state index is 0.00370. The van der Waals surface area contributed by atoms with E-state index in [9.17, 15) is 26.3 Å². The second kappa shape index (κ2) is 8.84. The van der Waals surface area contributed by atoms with Gasteiger partial charge in [-0.05, 0) is 43.5 Å². The van der Waals surface area contributed by atoms with Crippen LogP contribution >= 0.6 is 0 Å². The Morgan fingerprint density at radius 2 is 1.64 bits per heavy atom. The number of alkyl halides is 6. The Labute approximate surface area is 199 Å². The summed E-state index contributed by atoms with van der Waals surface area (Å²) in [7, 11) is 0. The molecule has 4 heterocycles. The molecule has 0 bridgehead atoms. The average Bonchev–Trinajstić information content (AvgIpc) is 2.80. The Bertz CT molecular complexity index is 1400. The summed E-state index contributed by atoms with van der Waals surface area (Å²) in [6, 6.07) is 4.46. The van der Waals surface area contributed by atoms with E-state index in [4.69, 9.17) is 0 Å². The number of nitrogens with one attached hydrogen (secondary N) is 2. The number of hydrogen-bond donors (Lipinski definition) is 2. The van der Waals surface area contributed by atoms with Crippen molar-refractivity contribution in [1.82, 2.24) is 30.1 Å². The van der Waals surface area contributed by atoms with Gasteiger partial charge in [-0.1, -0.05) is 0 Å². The molecule has 186 valence electrons. The van der Waals surface area contributed by atoms with E-state index in [-0.39, 0.29) is 34.5 Å². The van der Waals surface area contributed by atoms with E-state index in [0.717, 1.165) is 43.7 Å².